The van der Waals surface area contributed by atoms with E-state index >= 15 is 0 Å². The van der Waals surface area contributed by atoms with Gasteiger partial charge in [-0.25, -0.2) is 0 Å². The zero-order valence-corrected chi connectivity index (χ0v) is 11.6. The van der Waals surface area contributed by atoms with Crippen molar-refractivity contribution >= 4 is 11.6 Å². The zero-order chi connectivity index (χ0) is 13.5. The second-order valence-corrected chi connectivity index (χ2v) is 4.78. The summed E-state index contributed by atoms with van der Waals surface area (Å²) < 4.78 is 0. The molecule has 0 spiro atoms. The van der Waals surface area contributed by atoms with Crippen molar-refractivity contribution in [2.45, 2.75) is 40.0 Å². The van der Waals surface area contributed by atoms with Crippen LogP contribution in [0.25, 0.3) is 0 Å². The lowest BCUT2D eigenvalue weighted by atomic mass is 10.0. The fourth-order valence-corrected chi connectivity index (χ4v) is 2.00. The number of carbonyl (C=O) groups excluding carboxylic acids is 1. The number of rotatable bonds is 6. The number of benzene rings is 1. The molecule has 1 amide bonds. The van der Waals surface area contributed by atoms with Crippen LogP contribution >= 0.6 is 0 Å². The SMILES string of the molecule is CCc1cccc(C)c1NC(=O)C(C)CCCN. The lowest BCUT2D eigenvalue weighted by Crippen LogP contribution is -2.22. The number of nitrogens with one attached hydrogen (secondary N) is 1. The van der Waals surface area contributed by atoms with Gasteiger partial charge >= 0.3 is 0 Å². The van der Waals surface area contributed by atoms with Crippen molar-refractivity contribution in [3.8, 4) is 0 Å². The first-order valence-electron chi connectivity index (χ1n) is 6.69. The lowest BCUT2D eigenvalue weighted by Gasteiger charge is -2.16. The molecule has 0 bridgehead atoms. The average molecular weight is 248 g/mol. The molecule has 100 valence electrons. The van der Waals surface area contributed by atoms with Gasteiger partial charge in [0.05, 0.1) is 0 Å². The fourth-order valence-electron chi connectivity index (χ4n) is 2.00. The summed E-state index contributed by atoms with van der Waals surface area (Å²) in [6.07, 6.45) is 2.66. The lowest BCUT2D eigenvalue weighted by molar-refractivity contribution is -0.119. The Kier molecular flexibility index (Phi) is 5.86. The van der Waals surface area contributed by atoms with Crippen molar-refractivity contribution in [3.63, 3.8) is 0 Å². The first kappa shape index (κ1) is 14.7. The number of aryl methyl sites for hydroxylation is 2. The molecule has 1 unspecified atom stereocenters. The molecule has 1 atom stereocenters. The molecule has 3 heteroatoms. The quantitative estimate of drug-likeness (QED) is 0.813. The minimum absolute atomic E-state index is 0.0119. The van der Waals surface area contributed by atoms with Crippen LogP contribution in [-0.4, -0.2) is 12.5 Å². The Hall–Kier alpha value is -1.35. The highest BCUT2D eigenvalue weighted by atomic mass is 16.1. The topological polar surface area (TPSA) is 55.1 Å². The van der Waals surface area contributed by atoms with Crippen LogP contribution in [0.4, 0.5) is 5.69 Å². The highest BCUT2D eigenvalue weighted by molar-refractivity contribution is 5.93. The van der Waals surface area contributed by atoms with Gasteiger partial charge in [0.15, 0.2) is 0 Å². The molecular weight excluding hydrogens is 224 g/mol. The van der Waals surface area contributed by atoms with Gasteiger partial charge in [0.2, 0.25) is 5.91 Å². The third-order valence-corrected chi connectivity index (χ3v) is 3.28. The van der Waals surface area contributed by atoms with Crippen LogP contribution in [0.2, 0.25) is 0 Å². The summed E-state index contributed by atoms with van der Waals surface area (Å²) in [6, 6.07) is 6.12. The number of hydrogen-bond acceptors (Lipinski definition) is 2. The highest BCUT2D eigenvalue weighted by Gasteiger charge is 2.14. The van der Waals surface area contributed by atoms with Crippen LogP contribution in [0.15, 0.2) is 18.2 Å². The van der Waals surface area contributed by atoms with Gasteiger partial charge in [-0.2, -0.15) is 0 Å². The number of nitrogens with two attached hydrogens (primary N) is 1. The maximum Gasteiger partial charge on any atom is 0.227 e. The van der Waals surface area contributed by atoms with E-state index in [0.717, 1.165) is 30.5 Å². The molecule has 1 aromatic rings. The van der Waals surface area contributed by atoms with E-state index in [-0.39, 0.29) is 11.8 Å². The van der Waals surface area contributed by atoms with E-state index in [1.807, 2.05) is 26.0 Å². The van der Waals surface area contributed by atoms with Crippen LogP contribution in [0.5, 0.6) is 0 Å². The molecule has 0 aromatic heterocycles. The maximum atomic E-state index is 12.1. The minimum Gasteiger partial charge on any atom is -0.330 e. The zero-order valence-electron chi connectivity index (χ0n) is 11.6. The number of para-hydroxylation sites is 1. The first-order valence-corrected chi connectivity index (χ1v) is 6.69. The van der Waals surface area contributed by atoms with E-state index in [2.05, 4.69) is 18.3 Å². The van der Waals surface area contributed by atoms with Crippen molar-refractivity contribution in [1.29, 1.82) is 0 Å². The Labute approximate surface area is 110 Å². The van der Waals surface area contributed by atoms with Gasteiger partial charge in [0, 0.05) is 11.6 Å². The van der Waals surface area contributed by atoms with E-state index in [1.54, 1.807) is 0 Å². The molecule has 0 aliphatic rings. The van der Waals surface area contributed by atoms with Crippen LogP contribution in [-0.2, 0) is 11.2 Å². The maximum absolute atomic E-state index is 12.1. The molecular formula is C15H24N2O. The Morgan fingerprint density at radius 2 is 2.17 bits per heavy atom. The second kappa shape index (κ2) is 7.17. The van der Waals surface area contributed by atoms with E-state index in [4.69, 9.17) is 5.73 Å². The summed E-state index contributed by atoms with van der Waals surface area (Å²) in [5, 5.41) is 3.06. The van der Waals surface area contributed by atoms with Crippen molar-refractivity contribution in [2.75, 3.05) is 11.9 Å². The van der Waals surface area contributed by atoms with Crippen LogP contribution < -0.4 is 11.1 Å². The van der Waals surface area contributed by atoms with Crippen molar-refractivity contribution in [1.82, 2.24) is 0 Å². The predicted octanol–water partition coefficient (Wildman–Crippen LogP) is 2.87. The normalized spacial score (nSPS) is 12.2. The number of carbonyl (C=O) groups is 1. The monoisotopic (exact) mass is 248 g/mol. The smallest absolute Gasteiger partial charge is 0.227 e. The van der Waals surface area contributed by atoms with Crippen LogP contribution in [0, 0.1) is 12.8 Å². The summed E-state index contributed by atoms with van der Waals surface area (Å²) in [5.74, 6) is 0.102. The van der Waals surface area contributed by atoms with E-state index in [1.165, 1.54) is 5.56 Å². The Balaban J connectivity index is 2.75. The predicted molar refractivity (Wildman–Crippen MR) is 76.6 cm³/mol. The molecule has 0 saturated heterocycles. The van der Waals surface area contributed by atoms with E-state index < -0.39 is 0 Å². The van der Waals surface area contributed by atoms with Gasteiger partial charge in [0.25, 0.3) is 0 Å². The molecule has 18 heavy (non-hydrogen) atoms. The summed E-state index contributed by atoms with van der Waals surface area (Å²) in [7, 11) is 0. The molecule has 1 rings (SSSR count). The molecule has 3 nitrogen and oxygen atoms in total. The summed E-state index contributed by atoms with van der Waals surface area (Å²) in [4.78, 5) is 12.1. The van der Waals surface area contributed by atoms with Crippen molar-refractivity contribution < 1.29 is 4.79 Å². The van der Waals surface area contributed by atoms with Gasteiger partial charge in [-0.15, -0.1) is 0 Å². The number of amides is 1. The largest absolute Gasteiger partial charge is 0.330 e. The summed E-state index contributed by atoms with van der Waals surface area (Å²) >= 11 is 0. The fraction of sp³-hybridized carbons (Fsp3) is 0.533. The molecule has 0 aliphatic heterocycles. The number of anilines is 1. The summed E-state index contributed by atoms with van der Waals surface area (Å²) in [6.45, 7) is 6.72. The third-order valence-electron chi connectivity index (χ3n) is 3.28. The van der Waals surface area contributed by atoms with Crippen LogP contribution in [0.3, 0.4) is 0 Å². The highest BCUT2D eigenvalue weighted by Crippen LogP contribution is 2.22. The molecule has 0 radical (unpaired) electrons. The molecule has 0 aliphatic carbocycles. The van der Waals surface area contributed by atoms with Crippen LogP contribution in [0.1, 0.15) is 37.8 Å². The Morgan fingerprint density at radius 1 is 1.44 bits per heavy atom. The molecule has 0 heterocycles. The molecule has 1 aromatic carbocycles. The standard InChI is InChI=1S/C15H24N2O/c1-4-13-9-5-7-11(2)14(13)17-15(18)12(3)8-6-10-16/h5,7,9,12H,4,6,8,10,16H2,1-3H3,(H,17,18). The van der Waals surface area contributed by atoms with Gasteiger partial charge < -0.3 is 11.1 Å². The number of hydrogen-bond donors (Lipinski definition) is 2. The summed E-state index contributed by atoms with van der Waals surface area (Å²) in [5.41, 5.74) is 8.75. The Bertz CT molecular complexity index is 401. The molecule has 3 N–H and O–H groups in total. The van der Waals surface area contributed by atoms with Gasteiger partial charge in [-0.05, 0) is 43.9 Å². The van der Waals surface area contributed by atoms with Crippen molar-refractivity contribution in [2.24, 2.45) is 11.7 Å². The van der Waals surface area contributed by atoms with E-state index in [9.17, 15) is 4.79 Å². The first-order chi connectivity index (χ1) is 8.60. The molecule has 0 saturated carbocycles. The van der Waals surface area contributed by atoms with Gasteiger partial charge in [-0.3, -0.25) is 4.79 Å². The van der Waals surface area contributed by atoms with E-state index in [0.29, 0.717) is 6.54 Å². The second-order valence-electron chi connectivity index (χ2n) is 4.78. The molecule has 0 fully saturated rings. The van der Waals surface area contributed by atoms with Crippen molar-refractivity contribution in [3.05, 3.63) is 29.3 Å². The third kappa shape index (κ3) is 3.84. The minimum atomic E-state index is 0.0119. The van der Waals surface area contributed by atoms with Gasteiger partial charge in [-0.1, -0.05) is 32.0 Å². The Morgan fingerprint density at radius 3 is 2.78 bits per heavy atom. The van der Waals surface area contributed by atoms with Gasteiger partial charge in [0.1, 0.15) is 0 Å². The average Bonchev–Trinajstić information content (AvgIpc) is 2.38.